The van der Waals surface area contributed by atoms with Gasteiger partial charge in [0.1, 0.15) is 0 Å². The number of rotatable bonds is 2. The summed E-state index contributed by atoms with van der Waals surface area (Å²) in [6.07, 6.45) is 0.894. The van der Waals surface area contributed by atoms with E-state index in [9.17, 15) is 9.90 Å². The van der Waals surface area contributed by atoms with E-state index < -0.39 is 0 Å². The van der Waals surface area contributed by atoms with Gasteiger partial charge in [-0.3, -0.25) is 0 Å². The van der Waals surface area contributed by atoms with Gasteiger partial charge in [-0.1, -0.05) is 6.92 Å². The second-order valence-corrected chi connectivity index (χ2v) is 6.13. The fourth-order valence-electron chi connectivity index (χ4n) is 4.81. The van der Waals surface area contributed by atoms with Gasteiger partial charge >= 0.3 is 6.09 Å². The summed E-state index contributed by atoms with van der Waals surface area (Å²) < 4.78 is 4.94. The van der Waals surface area contributed by atoms with Gasteiger partial charge in [0.25, 0.3) is 0 Å². The van der Waals surface area contributed by atoms with E-state index in [0.717, 1.165) is 12.8 Å². The molecule has 3 rings (SSSR count). The lowest BCUT2D eigenvalue weighted by Crippen LogP contribution is -2.57. The Kier molecular flexibility index (Phi) is 2.75. The molecule has 6 unspecified atom stereocenters. The Bertz CT molecular complexity index is 446. The van der Waals surface area contributed by atoms with E-state index >= 15 is 0 Å². The van der Waals surface area contributed by atoms with E-state index in [1.165, 1.54) is 0 Å². The molecule has 0 aromatic carbocycles. The molecule has 7 atom stereocenters. The van der Waals surface area contributed by atoms with Crippen LogP contribution in [0.15, 0.2) is 0 Å². The van der Waals surface area contributed by atoms with Crippen molar-refractivity contribution in [2.45, 2.75) is 38.8 Å². The Labute approximate surface area is 112 Å². The predicted octanol–water partition coefficient (Wildman–Crippen LogP) is 1.28. The summed E-state index contributed by atoms with van der Waals surface area (Å²) in [4.78, 5) is 11.6. The third-order valence-electron chi connectivity index (χ3n) is 5.64. The Hall–Kier alpha value is -1.28. The topological polar surface area (TPSA) is 82.3 Å². The van der Waals surface area contributed by atoms with Gasteiger partial charge in [0.2, 0.25) is 0 Å². The number of hydrogen-bond acceptors (Lipinski definition) is 4. The summed E-state index contributed by atoms with van der Waals surface area (Å²) >= 11 is 0. The molecule has 0 bridgehead atoms. The molecule has 3 aliphatic carbocycles. The second-order valence-electron chi connectivity index (χ2n) is 6.13. The molecule has 0 radical (unpaired) electrons. The van der Waals surface area contributed by atoms with Crippen LogP contribution in [0.5, 0.6) is 0 Å². The molecule has 1 amide bonds. The van der Waals surface area contributed by atoms with Gasteiger partial charge in [0.05, 0.1) is 18.8 Å². The monoisotopic (exact) mass is 264 g/mol. The highest BCUT2D eigenvalue weighted by atomic mass is 16.5. The van der Waals surface area contributed by atoms with Gasteiger partial charge in [-0.25, -0.2) is 4.79 Å². The lowest BCUT2D eigenvalue weighted by Gasteiger charge is -2.53. The minimum atomic E-state index is -0.378. The first-order valence-electron chi connectivity index (χ1n) is 7.08. The zero-order valence-corrected chi connectivity index (χ0v) is 11.3. The molecule has 3 saturated carbocycles. The van der Waals surface area contributed by atoms with Crippen LogP contribution in [0.3, 0.4) is 0 Å². The van der Waals surface area contributed by atoms with Gasteiger partial charge in [0.15, 0.2) is 0 Å². The summed E-state index contributed by atoms with van der Waals surface area (Å²) in [6.45, 7) is 4.19. The molecular formula is C14H20N2O3. The lowest BCUT2D eigenvalue weighted by molar-refractivity contribution is -0.140. The second kappa shape index (κ2) is 4.11. The minimum absolute atomic E-state index is 0.0132. The number of alkyl carbamates (subject to hydrolysis) is 1. The van der Waals surface area contributed by atoms with Crippen molar-refractivity contribution < 1.29 is 14.6 Å². The van der Waals surface area contributed by atoms with Crippen molar-refractivity contribution in [1.29, 1.82) is 5.26 Å². The normalized spacial score (nSPS) is 50.0. The van der Waals surface area contributed by atoms with Crippen LogP contribution in [0, 0.1) is 40.4 Å². The molecule has 5 heteroatoms. The Morgan fingerprint density at radius 3 is 2.84 bits per heavy atom. The van der Waals surface area contributed by atoms with Gasteiger partial charge in [-0.15, -0.1) is 0 Å². The van der Waals surface area contributed by atoms with E-state index in [2.05, 4.69) is 11.4 Å². The maximum atomic E-state index is 11.6. The number of amides is 1. The molecule has 0 aliphatic heterocycles. The van der Waals surface area contributed by atoms with Crippen LogP contribution in [0.4, 0.5) is 4.79 Å². The van der Waals surface area contributed by atoms with Gasteiger partial charge < -0.3 is 15.2 Å². The molecule has 3 fully saturated rings. The van der Waals surface area contributed by atoms with Crippen LogP contribution < -0.4 is 5.32 Å². The molecular weight excluding hydrogens is 244 g/mol. The van der Waals surface area contributed by atoms with Gasteiger partial charge in [-0.05, 0) is 37.5 Å². The van der Waals surface area contributed by atoms with Crippen molar-refractivity contribution in [3.63, 3.8) is 0 Å². The van der Waals surface area contributed by atoms with E-state index in [1.54, 1.807) is 6.92 Å². The lowest BCUT2D eigenvalue weighted by atomic mass is 9.53. The number of carbonyl (C=O) groups is 1. The van der Waals surface area contributed by atoms with Crippen molar-refractivity contribution in [2.24, 2.45) is 29.1 Å². The number of nitriles is 1. The Morgan fingerprint density at radius 1 is 1.53 bits per heavy atom. The van der Waals surface area contributed by atoms with Crippen molar-refractivity contribution in [2.75, 3.05) is 6.61 Å². The molecule has 0 aromatic rings. The summed E-state index contributed by atoms with van der Waals surface area (Å²) in [5.74, 6) is 0.713. The molecule has 19 heavy (non-hydrogen) atoms. The first kappa shape index (κ1) is 12.7. The molecule has 0 heterocycles. The summed E-state index contributed by atoms with van der Waals surface area (Å²) in [5.41, 5.74) is 0.0273. The van der Waals surface area contributed by atoms with Crippen LogP contribution in [0.2, 0.25) is 0 Å². The largest absolute Gasteiger partial charge is 0.450 e. The molecule has 5 nitrogen and oxygen atoms in total. The average molecular weight is 264 g/mol. The van der Waals surface area contributed by atoms with Crippen molar-refractivity contribution in [1.82, 2.24) is 5.32 Å². The maximum absolute atomic E-state index is 11.6. The number of carbonyl (C=O) groups excluding carboxylic acids is 1. The van der Waals surface area contributed by atoms with Crippen LogP contribution in [0.25, 0.3) is 0 Å². The summed E-state index contributed by atoms with van der Waals surface area (Å²) in [5, 5.41) is 22.2. The van der Waals surface area contributed by atoms with E-state index in [0.29, 0.717) is 12.5 Å². The molecule has 1 spiro atoms. The number of ether oxygens (including phenoxy) is 1. The quantitative estimate of drug-likeness (QED) is 0.787. The maximum Gasteiger partial charge on any atom is 0.407 e. The molecule has 0 aromatic heterocycles. The number of aliphatic hydroxyl groups is 1. The van der Waals surface area contributed by atoms with Crippen LogP contribution in [-0.4, -0.2) is 30.0 Å². The highest BCUT2D eigenvalue weighted by Gasteiger charge is 2.80. The standard InChI is InChI=1S/C14H20N2O3/c1-3-19-13(18)16-12-10-5-8(6-15)4-9-11(17)7(2)14(9,10)12/h7-12,17H,3-5H2,1-2H3,(H,16,18)/t7?,8?,9?,10?,11-,12?,14?/m0/s1. The molecule has 104 valence electrons. The predicted molar refractivity (Wildman–Crippen MR) is 66.9 cm³/mol. The zero-order chi connectivity index (χ0) is 13.8. The van der Waals surface area contributed by atoms with Crippen LogP contribution in [0.1, 0.15) is 26.7 Å². The average Bonchev–Trinajstić information content (AvgIpc) is 3.06. The van der Waals surface area contributed by atoms with E-state index in [1.807, 2.05) is 6.92 Å². The molecule has 3 aliphatic rings. The first-order valence-corrected chi connectivity index (χ1v) is 7.08. The first-order chi connectivity index (χ1) is 9.07. The number of nitrogens with one attached hydrogen (secondary N) is 1. The smallest absolute Gasteiger partial charge is 0.407 e. The molecule has 2 N–H and O–H groups in total. The van der Waals surface area contributed by atoms with E-state index in [-0.39, 0.29) is 41.4 Å². The number of hydrogen-bond donors (Lipinski definition) is 2. The van der Waals surface area contributed by atoms with Crippen molar-refractivity contribution in [3.8, 4) is 6.07 Å². The van der Waals surface area contributed by atoms with Crippen LogP contribution >= 0.6 is 0 Å². The third-order valence-corrected chi connectivity index (χ3v) is 5.64. The highest BCUT2D eigenvalue weighted by Crippen LogP contribution is 2.76. The summed E-state index contributed by atoms with van der Waals surface area (Å²) in [7, 11) is 0. The van der Waals surface area contributed by atoms with Gasteiger partial charge in [0, 0.05) is 17.4 Å². The number of nitrogens with zero attached hydrogens (tertiary/aromatic N) is 1. The number of aliphatic hydroxyl groups excluding tert-OH is 1. The highest BCUT2D eigenvalue weighted by molar-refractivity contribution is 5.69. The minimum Gasteiger partial charge on any atom is -0.450 e. The molecule has 0 saturated heterocycles. The van der Waals surface area contributed by atoms with Crippen molar-refractivity contribution >= 4 is 6.09 Å². The van der Waals surface area contributed by atoms with E-state index in [4.69, 9.17) is 10.00 Å². The Balaban J connectivity index is 1.75. The van der Waals surface area contributed by atoms with Crippen molar-refractivity contribution in [3.05, 3.63) is 0 Å². The fourth-order valence-corrected chi connectivity index (χ4v) is 4.81. The van der Waals surface area contributed by atoms with Gasteiger partial charge in [-0.2, -0.15) is 5.26 Å². The zero-order valence-electron chi connectivity index (χ0n) is 11.3. The SMILES string of the molecule is CCOC(=O)NC1C2CC(C#N)CC3[C@@H](O)C(C)C213. The van der Waals surface area contributed by atoms with Crippen LogP contribution in [-0.2, 0) is 4.74 Å². The Morgan fingerprint density at radius 2 is 2.21 bits per heavy atom. The summed E-state index contributed by atoms with van der Waals surface area (Å²) in [6, 6.07) is 2.40. The third kappa shape index (κ3) is 1.47. The fraction of sp³-hybridized carbons (Fsp3) is 0.857.